The molecular formula is C30H48ClF3N4O8S. The minimum absolute atomic E-state index is 0.0235. The van der Waals surface area contributed by atoms with Gasteiger partial charge >= 0.3 is 15.6 Å². The zero-order chi connectivity index (χ0) is 34.7. The van der Waals surface area contributed by atoms with E-state index < -0.39 is 51.9 Å². The van der Waals surface area contributed by atoms with Crippen molar-refractivity contribution in [2.24, 2.45) is 0 Å². The number of alkyl halides is 3. The molecule has 1 saturated heterocycles. The molecule has 3 rings (SSSR count). The monoisotopic (exact) mass is 716 g/mol. The van der Waals surface area contributed by atoms with Crippen LogP contribution in [0.25, 0.3) is 11.2 Å². The summed E-state index contributed by atoms with van der Waals surface area (Å²) in [5.41, 5.74) is -7.99. The number of rotatable bonds is 20. The van der Waals surface area contributed by atoms with Gasteiger partial charge in [0.05, 0.1) is 12.9 Å². The molecule has 1 aliphatic heterocycles. The highest BCUT2D eigenvalue weighted by molar-refractivity contribution is 7.87. The Morgan fingerprint density at radius 3 is 2.06 bits per heavy atom. The van der Waals surface area contributed by atoms with E-state index in [4.69, 9.17) is 39.5 Å². The molecule has 0 saturated carbocycles. The summed E-state index contributed by atoms with van der Waals surface area (Å²) < 4.78 is 106. The Balaban J connectivity index is 2.34. The Bertz CT molecular complexity index is 1340. The lowest BCUT2D eigenvalue weighted by atomic mass is 9.89. The fourth-order valence-electron chi connectivity index (χ4n) is 5.24. The van der Waals surface area contributed by atoms with Crippen molar-refractivity contribution in [3.63, 3.8) is 0 Å². The second-order valence-electron chi connectivity index (χ2n) is 11.6. The summed E-state index contributed by atoms with van der Waals surface area (Å²) in [4.78, 5) is 12.5. The summed E-state index contributed by atoms with van der Waals surface area (Å²) in [5, 5.41) is -0.0235. The van der Waals surface area contributed by atoms with Crippen LogP contribution in [0.3, 0.4) is 0 Å². The van der Waals surface area contributed by atoms with Crippen molar-refractivity contribution in [1.29, 1.82) is 0 Å². The van der Waals surface area contributed by atoms with Crippen LogP contribution in [0.5, 0.6) is 0 Å². The molecule has 12 nitrogen and oxygen atoms in total. The SMILES string of the molecule is CCCCOC[C@H]1O[C@@H](n2cnc3c(Cl)ncnc32)[C@@](C)(OS(=O)(=O)C(F)(F)F)[C@H](OCCCC)[C@@H](OCCCC)[C@@H]1OCCCC. The van der Waals surface area contributed by atoms with Gasteiger partial charge in [0.1, 0.15) is 36.3 Å². The third kappa shape index (κ3) is 9.96. The highest BCUT2D eigenvalue weighted by Gasteiger charge is 2.62. The molecular weight excluding hydrogens is 669 g/mol. The molecule has 0 spiro atoms. The Labute approximate surface area is 280 Å². The fourth-order valence-corrected chi connectivity index (χ4v) is 6.17. The average Bonchev–Trinajstić information content (AvgIpc) is 3.41. The summed E-state index contributed by atoms with van der Waals surface area (Å²) in [6.07, 6.45) is 1.89. The molecule has 0 aromatic carbocycles. The third-order valence-corrected chi connectivity index (χ3v) is 9.25. The molecule has 0 N–H and O–H groups in total. The van der Waals surface area contributed by atoms with Gasteiger partial charge in [0.2, 0.25) is 0 Å². The number of hydrogen-bond acceptors (Lipinski definition) is 11. The van der Waals surface area contributed by atoms with E-state index in [1.165, 1.54) is 17.8 Å². The third-order valence-electron chi connectivity index (χ3n) is 7.82. The molecule has 3 heterocycles. The first-order valence-corrected chi connectivity index (χ1v) is 18.1. The lowest BCUT2D eigenvalue weighted by Gasteiger charge is -2.43. The van der Waals surface area contributed by atoms with Crippen molar-refractivity contribution in [2.75, 3.05) is 33.0 Å². The first-order valence-electron chi connectivity index (χ1n) is 16.3. The van der Waals surface area contributed by atoms with Crippen molar-refractivity contribution in [2.45, 2.75) is 128 Å². The van der Waals surface area contributed by atoms with E-state index >= 15 is 0 Å². The normalized spacial score (nSPS) is 25.8. The van der Waals surface area contributed by atoms with Gasteiger partial charge in [-0.05, 0) is 32.6 Å². The molecule has 0 amide bonds. The first-order chi connectivity index (χ1) is 22.4. The van der Waals surface area contributed by atoms with Crippen LogP contribution in [-0.4, -0.2) is 96.5 Å². The standard InChI is InChI=1S/C30H48ClF3N4O8S/c1-6-10-14-41-18-21-23(42-15-11-7-2)24(43-16-12-8-3)25(44-17-13-9-4)29(5,46-47(39,40)30(32,33)34)28(45-21)38-20-37-22-26(31)35-19-36-27(22)38/h19-21,23-25,28H,6-18H2,1-5H3/t21-,23-,24+,25-,28-,29+/m1/s1. The van der Waals surface area contributed by atoms with E-state index in [-0.39, 0.29) is 42.7 Å². The van der Waals surface area contributed by atoms with Gasteiger partial charge in [-0.25, -0.2) is 19.1 Å². The maximum atomic E-state index is 14.1. The van der Waals surface area contributed by atoms with Crippen LogP contribution in [0, 0.1) is 0 Å². The van der Waals surface area contributed by atoms with E-state index in [9.17, 15) is 21.6 Å². The van der Waals surface area contributed by atoms with Crippen LogP contribution in [0.4, 0.5) is 13.2 Å². The molecule has 0 radical (unpaired) electrons. The highest BCUT2D eigenvalue weighted by atomic mass is 35.5. The molecule has 270 valence electrons. The second-order valence-corrected chi connectivity index (χ2v) is 13.5. The van der Waals surface area contributed by atoms with Gasteiger partial charge in [0.15, 0.2) is 22.6 Å². The predicted octanol–water partition coefficient (Wildman–Crippen LogP) is 6.37. The van der Waals surface area contributed by atoms with Crippen LogP contribution in [0.1, 0.15) is 92.2 Å². The number of ether oxygens (including phenoxy) is 5. The van der Waals surface area contributed by atoms with Gasteiger partial charge in [0, 0.05) is 26.4 Å². The fraction of sp³-hybridized carbons (Fsp3) is 0.833. The molecule has 2 aromatic heterocycles. The Morgan fingerprint density at radius 1 is 0.894 bits per heavy atom. The number of hydrogen-bond donors (Lipinski definition) is 0. The summed E-state index contributed by atoms with van der Waals surface area (Å²) in [6.45, 7) is 9.94. The zero-order valence-corrected chi connectivity index (χ0v) is 29.3. The lowest BCUT2D eigenvalue weighted by Crippen LogP contribution is -2.59. The van der Waals surface area contributed by atoms with Crippen molar-refractivity contribution in [3.05, 3.63) is 17.8 Å². The van der Waals surface area contributed by atoms with Crippen molar-refractivity contribution < 1.29 is 49.5 Å². The Morgan fingerprint density at radius 2 is 1.47 bits per heavy atom. The number of halogens is 4. The minimum Gasteiger partial charge on any atom is -0.379 e. The molecule has 0 unspecified atom stereocenters. The predicted molar refractivity (Wildman–Crippen MR) is 168 cm³/mol. The quantitative estimate of drug-likeness (QED) is 0.0655. The zero-order valence-electron chi connectivity index (χ0n) is 27.7. The first kappa shape index (κ1) is 39.8. The van der Waals surface area contributed by atoms with Gasteiger partial charge in [-0.3, -0.25) is 4.57 Å². The molecule has 2 aromatic rings. The Kier molecular flexibility index (Phi) is 15.5. The maximum absolute atomic E-state index is 14.1. The van der Waals surface area contributed by atoms with Crippen LogP contribution < -0.4 is 0 Å². The van der Waals surface area contributed by atoms with E-state index in [2.05, 4.69) is 15.0 Å². The van der Waals surface area contributed by atoms with Crippen LogP contribution in [0.2, 0.25) is 5.15 Å². The van der Waals surface area contributed by atoms with E-state index in [0.717, 1.165) is 32.0 Å². The van der Waals surface area contributed by atoms with Gasteiger partial charge < -0.3 is 23.7 Å². The second kappa shape index (κ2) is 18.4. The smallest absolute Gasteiger partial charge is 0.379 e. The van der Waals surface area contributed by atoms with Crippen LogP contribution in [-0.2, 0) is 38.0 Å². The molecule has 17 heteroatoms. The summed E-state index contributed by atoms with van der Waals surface area (Å²) in [6, 6.07) is 0. The van der Waals surface area contributed by atoms with Crippen molar-refractivity contribution >= 4 is 32.9 Å². The van der Waals surface area contributed by atoms with Gasteiger partial charge in [-0.15, -0.1) is 0 Å². The molecule has 6 atom stereocenters. The number of aromatic nitrogens is 4. The molecule has 0 aliphatic carbocycles. The average molecular weight is 717 g/mol. The Hall–Kier alpha value is -1.66. The van der Waals surface area contributed by atoms with Crippen molar-refractivity contribution in [3.8, 4) is 0 Å². The van der Waals surface area contributed by atoms with Gasteiger partial charge in [-0.1, -0.05) is 65.0 Å². The number of nitrogens with zero attached hydrogens (tertiary/aromatic N) is 4. The number of unbranched alkanes of at least 4 members (excludes halogenated alkanes) is 4. The lowest BCUT2D eigenvalue weighted by molar-refractivity contribution is -0.205. The van der Waals surface area contributed by atoms with E-state index in [0.29, 0.717) is 32.3 Å². The summed E-state index contributed by atoms with van der Waals surface area (Å²) in [5.74, 6) is 0. The van der Waals surface area contributed by atoms with E-state index in [1.807, 2.05) is 27.7 Å². The minimum atomic E-state index is -6.23. The van der Waals surface area contributed by atoms with Crippen LogP contribution in [0.15, 0.2) is 12.7 Å². The summed E-state index contributed by atoms with van der Waals surface area (Å²) >= 11 is 6.28. The van der Waals surface area contributed by atoms with E-state index in [1.54, 1.807) is 0 Å². The molecule has 47 heavy (non-hydrogen) atoms. The highest BCUT2D eigenvalue weighted by Crippen LogP contribution is 2.45. The number of fused-ring (bicyclic) bond motifs is 1. The largest absolute Gasteiger partial charge is 0.523 e. The van der Waals surface area contributed by atoms with Gasteiger partial charge in [0.25, 0.3) is 0 Å². The summed E-state index contributed by atoms with van der Waals surface area (Å²) in [7, 11) is -6.23. The molecule has 1 fully saturated rings. The van der Waals surface area contributed by atoms with Crippen LogP contribution >= 0.6 is 11.6 Å². The molecule has 1 aliphatic rings. The number of imidazole rings is 1. The molecule has 0 bridgehead atoms. The van der Waals surface area contributed by atoms with Gasteiger partial charge in [-0.2, -0.15) is 21.6 Å². The maximum Gasteiger partial charge on any atom is 0.523 e. The van der Waals surface area contributed by atoms with Crippen molar-refractivity contribution in [1.82, 2.24) is 19.5 Å². The topological polar surface area (TPSA) is 133 Å².